The Morgan fingerprint density at radius 3 is 2.38 bits per heavy atom. The molecule has 164 valence electrons. The minimum Gasteiger partial charge on any atom is -0.493 e. The van der Waals surface area contributed by atoms with Gasteiger partial charge in [-0.15, -0.1) is 0 Å². The zero-order valence-electron chi connectivity index (χ0n) is 18.0. The Morgan fingerprint density at radius 1 is 1.00 bits per heavy atom. The van der Waals surface area contributed by atoms with E-state index < -0.39 is 17.1 Å². The van der Waals surface area contributed by atoms with E-state index in [-0.39, 0.29) is 11.3 Å². The van der Waals surface area contributed by atoms with Crippen LogP contribution in [0.25, 0.3) is 16.7 Å². The fraction of sp³-hybridized carbons (Fsp3) is 0.182. The molecule has 32 heavy (non-hydrogen) atoms. The summed E-state index contributed by atoms with van der Waals surface area (Å²) in [6.45, 7) is 3.67. The number of hydrogen-bond donors (Lipinski definition) is 4. The minimum absolute atomic E-state index is 0.169. The second-order valence-electron chi connectivity index (χ2n) is 7.74. The van der Waals surface area contributed by atoms with Crippen molar-refractivity contribution in [3.05, 3.63) is 78.3 Å². The summed E-state index contributed by atoms with van der Waals surface area (Å²) in [6.07, 6.45) is 1.20. The standard InChI is InChI=1S/C22H22N6O4/c1-11-5-6-12(2)17(7-11)28-20(30)13(19(29)26-22(28)32)10-23-16-8-14-15(25-21(31)24-14)9-18(16)27(3)4/h5-10,30H,1-4H3,(H2,24,25,31)(H,26,29,32). The van der Waals surface area contributed by atoms with Crippen molar-refractivity contribution in [2.75, 3.05) is 19.0 Å². The molecule has 0 spiro atoms. The molecule has 0 unspecified atom stereocenters. The van der Waals surface area contributed by atoms with Gasteiger partial charge < -0.3 is 20.0 Å². The van der Waals surface area contributed by atoms with Gasteiger partial charge in [-0.25, -0.2) is 14.2 Å². The second-order valence-corrected chi connectivity index (χ2v) is 7.74. The molecule has 10 heteroatoms. The maximum Gasteiger partial charge on any atom is 0.335 e. The number of anilines is 1. The first-order chi connectivity index (χ1) is 15.2. The lowest BCUT2D eigenvalue weighted by Crippen LogP contribution is -2.31. The summed E-state index contributed by atoms with van der Waals surface area (Å²) in [4.78, 5) is 50.4. The number of H-pyrrole nitrogens is 3. The van der Waals surface area contributed by atoms with E-state index in [0.29, 0.717) is 28.1 Å². The van der Waals surface area contributed by atoms with Gasteiger partial charge >= 0.3 is 11.4 Å². The molecule has 0 bridgehead atoms. The zero-order chi connectivity index (χ0) is 23.2. The molecule has 0 aliphatic carbocycles. The number of imidazole rings is 1. The molecule has 0 amide bonds. The number of nitrogens with one attached hydrogen (secondary N) is 3. The molecule has 2 heterocycles. The number of aliphatic imine (C=N–C) groups is 1. The van der Waals surface area contributed by atoms with Crippen LogP contribution in [0.5, 0.6) is 5.88 Å². The quantitative estimate of drug-likeness (QED) is 0.363. The molecular formula is C22H22N6O4. The summed E-state index contributed by atoms with van der Waals surface area (Å²) in [5.41, 5.74) is 2.37. The molecular weight excluding hydrogens is 412 g/mol. The first kappa shape index (κ1) is 20.9. The average molecular weight is 434 g/mol. The molecule has 4 aromatic rings. The molecule has 0 fully saturated rings. The van der Waals surface area contributed by atoms with E-state index in [1.165, 1.54) is 6.21 Å². The molecule has 4 N–H and O–H groups in total. The number of aromatic amines is 3. The molecule has 2 aromatic carbocycles. The summed E-state index contributed by atoms with van der Waals surface area (Å²) >= 11 is 0. The van der Waals surface area contributed by atoms with E-state index in [0.717, 1.165) is 15.7 Å². The largest absolute Gasteiger partial charge is 0.493 e. The van der Waals surface area contributed by atoms with Crippen molar-refractivity contribution in [3.63, 3.8) is 0 Å². The second kappa shape index (κ2) is 7.73. The van der Waals surface area contributed by atoms with Gasteiger partial charge in [0.15, 0.2) is 0 Å². The van der Waals surface area contributed by atoms with Crippen LogP contribution in [0.4, 0.5) is 11.4 Å². The number of rotatable bonds is 4. The highest BCUT2D eigenvalue weighted by atomic mass is 16.3. The van der Waals surface area contributed by atoms with Crippen LogP contribution < -0.4 is 21.8 Å². The Bertz CT molecular complexity index is 1550. The number of benzene rings is 2. The number of aryl methyl sites for hydroxylation is 2. The lowest BCUT2D eigenvalue weighted by Gasteiger charge is -2.15. The molecule has 0 saturated carbocycles. The zero-order valence-corrected chi connectivity index (χ0v) is 18.0. The predicted octanol–water partition coefficient (Wildman–Crippen LogP) is 1.83. The first-order valence-electron chi connectivity index (χ1n) is 9.79. The SMILES string of the molecule is Cc1ccc(C)c(-n2c(O)c(C=Nc3cc4[nH]c(=O)[nH]c4cc3N(C)C)c(=O)[nH]c2=O)c1. The summed E-state index contributed by atoms with van der Waals surface area (Å²) in [6, 6.07) is 8.87. The molecule has 0 aliphatic heterocycles. The summed E-state index contributed by atoms with van der Waals surface area (Å²) < 4.78 is 1.05. The van der Waals surface area contributed by atoms with Gasteiger partial charge in [0.1, 0.15) is 5.56 Å². The van der Waals surface area contributed by atoms with E-state index in [9.17, 15) is 19.5 Å². The molecule has 2 aromatic heterocycles. The third-order valence-corrected chi connectivity index (χ3v) is 5.15. The van der Waals surface area contributed by atoms with Crippen LogP contribution in [-0.2, 0) is 0 Å². The van der Waals surface area contributed by atoms with Crippen molar-refractivity contribution in [1.29, 1.82) is 0 Å². The molecule has 0 aliphatic rings. The number of hydrogen-bond acceptors (Lipinski definition) is 6. The Hall–Kier alpha value is -4.34. The molecule has 10 nitrogen and oxygen atoms in total. The number of aromatic nitrogens is 4. The van der Waals surface area contributed by atoms with Crippen molar-refractivity contribution in [3.8, 4) is 11.6 Å². The van der Waals surface area contributed by atoms with Crippen molar-refractivity contribution < 1.29 is 5.11 Å². The maximum absolute atomic E-state index is 12.5. The lowest BCUT2D eigenvalue weighted by molar-refractivity contribution is 0.430. The van der Waals surface area contributed by atoms with Crippen LogP contribution in [-0.4, -0.2) is 44.9 Å². The van der Waals surface area contributed by atoms with Gasteiger partial charge in [0.25, 0.3) is 5.56 Å². The highest BCUT2D eigenvalue weighted by molar-refractivity contribution is 5.91. The van der Waals surface area contributed by atoms with Gasteiger partial charge in [-0.05, 0) is 43.2 Å². The lowest BCUT2D eigenvalue weighted by atomic mass is 10.1. The number of fused-ring (bicyclic) bond motifs is 1. The Kier molecular flexibility index (Phi) is 5.05. The third kappa shape index (κ3) is 3.62. The van der Waals surface area contributed by atoms with Crippen molar-refractivity contribution in [2.24, 2.45) is 4.99 Å². The van der Waals surface area contributed by atoms with E-state index >= 15 is 0 Å². The summed E-state index contributed by atoms with van der Waals surface area (Å²) in [5.74, 6) is -0.515. The topological polar surface area (TPSA) is 139 Å². The summed E-state index contributed by atoms with van der Waals surface area (Å²) in [5, 5.41) is 10.8. The highest BCUT2D eigenvalue weighted by Gasteiger charge is 2.16. The van der Waals surface area contributed by atoms with Crippen LogP contribution in [0, 0.1) is 13.8 Å². The van der Waals surface area contributed by atoms with Gasteiger partial charge in [-0.2, -0.15) is 0 Å². The average Bonchev–Trinajstić information content (AvgIpc) is 3.08. The fourth-order valence-electron chi connectivity index (χ4n) is 3.49. The highest BCUT2D eigenvalue weighted by Crippen LogP contribution is 2.31. The predicted molar refractivity (Wildman–Crippen MR) is 124 cm³/mol. The smallest absolute Gasteiger partial charge is 0.335 e. The number of nitrogens with zero attached hydrogens (tertiary/aromatic N) is 3. The van der Waals surface area contributed by atoms with Gasteiger partial charge in [0.2, 0.25) is 5.88 Å². The maximum atomic E-state index is 12.5. The Labute approximate surface area is 181 Å². The molecule has 4 rings (SSSR count). The molecule has 0 radical (unpaired) electrons. The van der Waals surface area contributed by atoms with Crippen LogP contribution in [0.2, 0.25) is 0 Å². The Morgan fingerprint density at radius 2 is 1.69 bits per heavy atom. The van der Waals surface area contributed by atoms with Crippen molar-refractivity contribution in [1.82, 2.24) is 19.5 Å². The van der Waals surface area contributed by atoms with Crippen LogP contribution in [0.3, 0.4) is 0 Å². The first-order valence-corrected chi connectivity index (χ1v) is 9.79. The van der Waals surface area contributed by atoms with Gasteiger partial charge in [0.05, 0.1) is 28.1 Å². The van der Waals surface area contributed by atoms with Gasteiger partial charge in [-0.1, -0.05) is 12.1 Å². The molecule has 0 atom stereocenters. The van der Waals surface area contributed by atoms with Crippen LogP contribution in [0.1, 0.15) is 16.7 Å². The van der Waals surface area contributed by atoms with E-state index in [1.54, 1.807) is 30.0 Å². The van der Waals surface area contributed by atoms with E-state index in [1.807, 2.05) is 33.2 Å². The minimum atomic E-state index is -0.764. The van der Waals surface area contributed by atoms with Crippen LogP contribution >= 0.6 is 0 Å². The normalized spacial score (nSPS) is 11.5. The Balaban J connectivity index is 1.90. The molecule has 0 saturated heterocycles. The van der Waals surface area contributed by atoms with Crippen LogP contribution in [0.15, 0.2) is 49.7 Å². The summed E-state index contributed by atoms with van der Waals surface area (Å²) in [7, 11) is 3.63. The van der Waals surface area contributed by atoms with Crippen molar-refractivity contribution in [2.45, 2.75) is 13.8 Å². The number of aromatic hydroxyl groups is 1. The van der Waals surface area contributed by atoms with Crippen molar-refractivity contribution >= 4 is 28.6 Å². The van der Waals surface area contributed by atoms with Gasteiger partial charge in [0, 0.05) is 20.3 Å². The third-order valence-electron chi connectivity index (χ3n) is 5.15. The fourth-order valence-corrected chi connectivity index (χ4v) is 3.49. The van der Waals surface area contributed by atoms with Gasteiger partial charge in [-0.3, -0.25) is 14.8 Å². The van der Waals surface area contributed by atoms with E-state index in [2.05, 4.69) is 19.9 Å². The van der Waals surface area contributed by atoms with E-state index in [4.69, 9.17) is 0 Å². The monoisotopic (exact) mass is 434 g/mol.